The van der Waals surface area contributed by atoms with Crippen LogP contribution in [0.15, 0.2) is 67.0 Å². The van der Waals surface area contributed by atoms with E-state index in [0.717, 1.165) is 60.9 Å². The van der Waals surface area contributed by atoms with Crippen molar-refractivity contribution in [3.8, 4) is 10.4 Å². The maximum absolute atomic E-state index is 9.96. The largest absolute Gasteiger partial charge is 0.394 e. The highest BCUT2D eigenvalue weighted by Gasteiger charge is 2.17. The van der Waals surface area contributed by atoms with Crippen LogP contribution < -0.4 is 5.32 Å². The van der Waals surface area contributed by atoms with Gasteiger partial charge in [-0.15, -0.1) is 11.3 Å². The summed E-state index contributed by atoms with van der Waals surface area (Å²) in [5.41, 5.74) is 3.57. The van der Waals surface area contributed by atoms with E-state index in [1.165, 1.54) is 16.0 Å². The van der Waals surface area contributed by atoms with Gasteiger partial charge in [0.1, 0.15) is 17.0 Å². The van der Waals surface area contributed by atoms with Crippen molar-refractivity contribution in [1.82, 2.24) is 19.8 Å². The predicted molar refractivity (Wildman–Crippen MR) is 140 cm³/mol. The van der Waals surface area contributed by atoms with Gasteiger partial charge in [-0.25, -0.2) is 9.97 Å². The number of hydrogen-bond acceptors (Lipinski definition) is 7. The second-order valence-corrected chi connectivity index (χ2v) is 9.78. The standard InChI is InChI=1S/C27H31N5OS/c1-2-31-12-14-32(15-13-31)17-20-8-10-22(11-9-20)25-16-23-26(28-19-29-27(23)34-25)30-24(18-33)21-6-4-3-5-7-21/h3-11,16,19,24,33H,2,12-15,17-18H2,1H3,(H,28,29,30)/t24-/m1/s1. The number of benzene rings is 2. The topological polar surface area (TPSA) is 64.5 Å². The molecule has 0 bridgehead atoms. The third-order valence-electron chi connectivity index (χ3n) is 6.58. The van der Waals surface area contributed by atoms with Crippen LogP contribution in [0.3, 0.4) is 0 Å². The molecule has 1 aliphatic rings. The van der Waals surface area contributed by atoms with E-state index in [-0.39, 0.29) is 12.6 Å². The Morgan fingerprint density at radius 3 is 2.41 bits per heavy atom. The van der Waals surface area contributed by atoms with Gasteiger partial charge in [0, 0.05) is 37.6 Å². The average Bonchev–Trinajstić information content (AvgIpc) is 3.34. The molecule has 2 aromatic heterocycles. The van der Waals surface area contributed by atoms with Crippen LogP contribution in [-0.2, 0) is 6.54 Å². The fraction of sp³-hybridized carbons (Fsp3) is 0.333. The molecule has 1 aliphatic heterocycles. The number of nitrogens with one attached hydrogen (secondary N) is 1. The first kappa shape index (κ1) is 22.9. The third-order valence-corrected chi connectivity index (χ3v) is 7.67. The Kier molecular flexibility index (Phi) is 7.16. The van der Waals surface area contributed by atoms with E-state index >= 15 is 0 Å². The molecule has 5 rings (SSSR count). The maximum Gasteiger partial charge on any atom is 0.138 e. The Bertz CT molecular complexity index is 1200. The maximum atomic E-state index is 9.96. The number of thiophene rings is 1. The minimum atomic E-state index is -0.221. The van der Waals surface area contributed by atoms with Crippen LogP contribution in [0.1, 0.15) is 24.1 Å². The summed E-state index contributed by atoms with van der Waals surface area (Å²) < 4.78 is 0. The smallest absolute Gasteiger partial charge is 0.138 e. The first-order chi connectivity index (χ1) is 16.7. The van der Waals surface area contributed by atoms with Gasteiger partial charge in [0.15, 0.2) is 0 Å². The van der Waals surface area contributed by atoms with E-state index in [2.05, 4.69) is 62.3 Å². The molecule has 3 heterocycles. The van der Waals surface area contributed by atoms with Crippen LogP contribution in [0.25, 0.3) is 20.7 Å². The summed E-state index contributed by atoms with van der Waals surface area (Å²) in [7, 11) is 0. The van der Waals surface area contributed by atoms with Gasteiger partial charge >= 0.3 is 0 Å². The van der Waals surface area contributed by atoms with E-state index in [1.807, 2.05) is 30.3 Å². The number of nitrogens with zero attached hydrogens (tertiary/aromatic N) is 4. The predicted octanol–water partition coefficient (Wildman–Crippen LogP) is 4.64. The minimum Gasteiger partial charge on any atom is -0.394 e. The van der Waals surface area contributed by atoms with Crippen molar-refractivity contribution in [3.63, 3.8) is 0 Å². The molecule has 0 radical (unpaired) electrons. The van der Waals surface area contributed by atoms with Crippen LogP contribution in [-0.4, -0.2) is 64.2 Å². The van der Waals surface area contributed by atoms with Crippen molar-refractivity contribution >= 4 is 27.4 Å². The molecule has 1 saturated heterocycles. The van der Waals surface area contributed by atoms with Crippen LogP contribution in [0, 0.1) is 0 Å². The minimum absolute atomic E-state index is 0.0124. The summed E-state index contributed by atoms with van der Waals surface area (Å²) in [5, 5.41) is 14.3. The first-order valence-corrected chi connectivity index (χ1v) is 12.8. The fourth-order valence-electron chi connectivity index (χ4n) is 4.49. The Hall–Kier alpha value is -2.84. The number of aliphatic hydroxyl groups is 1. The van der Waals surface area contributed by atoms with E-state index in [0.29, 0.717) is 0 Å². The Morgan fingerprint density at radius 2 is 1.71 bits per heavy atom. The molecule has 176 valence electrons. The van der Waals surface area contributed by atoms with Gasteiger partial charge in [0.2, 0.25) is 0 Å². The molecule has 0 unspecified atom stereocenters. The lowest BCUT2D eigenvalue weighted by Crippen LogP contribution is -2.45. The van der Waals surface area contributed by atoms with Crippen LogP contribution in [0.2, 0.25) is 0 Å². The summed E-state index contributed by atoms with van der Waals surface area (Å²) in [4.78, 5) is 16.1. The lowest BCUT2D eigenvalue weighted by molar-refractivity contribution is 0.132. The summed E-state index contributed by atoms with van der Waals surface area (Å²) in [6, 6.07) is 20.8. The Balaban J connectivity index is 1.32. The summed E-state index contributed by atoms with van der Waals surface area (Å²) >= 11 is 1.67. The van der Waals surface area contributed by atoms with Crippen molar-refractivity contribution < 1.29 is 5.11 Å². The van der Waals surface area contributed by atoms with E-state index in [9.17, 15) is 5.11 Å². The lowest BCUT2D eigenvalue weighted by Gasteiger charge is -2.34. The zero-order valence-corrected chi connectivity index (χ0v) is 20.3. The summed E-state index contributed by atoms with van der Waals surface area (Å²) in [5.74, 6) is 0.748. The van der Waals surface area contributed by atoms with Gasteiger partial charge < -0.3 is 15.3 Å². The van der Waals surface area contributed by atoms with Gasteiger partial charge in [0.25, 0.3) is 0 Å². The highest BCUT2D eigenvalue weighted by Crippen LogP contribution is 2.36. The molecule has 2 aromatic carbocycles. The quantitative estimate of drug-likeness (QED) is 0.389. The second kappa shape index (κ2) is 10.6. The molecule has 0 spiro atoms. The number of likely N-dealkylation sites (N-methyl/N-ethyl adjacent to an activating group) is 1. The number of rotatable bonds is 8. The molecule has 34 heavy (non-hydrogen) atoms. The number of anilines is 1. The molecule has 0 saturated carbocycles. The highest BCUT2D eigenvalue weighted by atomic mass is 32.1. The van der Waals surface area contributed by atoms with Crippen molar-refractivity contribution in [2.45, 2.75) is 19.5 Å². The average molecular weight is 474 g/mol. The van der Waals surface area contributed by atoms with Gasteiger partial charge in [-0.3, -0.25) is 4.90 Å². The molecule has 2 N–H and O–H groups in total. The van der Waals surface area contributed by atoms with Crippen LogP contribution in [0.4, 0.5) is 5.82 Å². The number of aromatic nitrogens is 2. The van der Waals surface area contributed by atoms with Gasteiger partial charge in [-0.1, -0.05) is 61.5 Å². The second-order valence-electron chi connectivity index (χ2n) is 8.75. The number of aliphatic hydroxyl groups excluding tert-OH is 1. The SMILES string of the molecule is CCN1CCN(Cc2ccc(-c3cc4c(N[C@H](CO)c5ccccc5)ncnc4s3)cc2)CC1. The number of hydrogen-bond donors (Lipinski definition) is 2. The molecule has 7 heteroatoms. The molecule has 0 amide bonds. The van der Waals surface area contributed by atoms with Gasteiger partial charge in [0.05, 0.1) is 18.0 Å². The normalized spacial score (nSPS) is 16.1. The van der Waals surface area contributed by atoms with Crippen molar-refractivity contribution in [2.75, 3.05) is 44.6 Å². The molecular weight excluding hydrogens is 442 g/mol. The Labute approximate surface area is 204 Å². The van der Waals surface area contributed by atoms with Crippen LogP contribution >= 0.6 is 11.3 Å². The van der Waals surface area contributed by atoms with Crippen molar-refractivity contribution in [3.05, 3.63) is 78.1 Å². The molecule has 1 fully saturated rings. The Morgan fingerprint density at radius 1 is 0.971 bits per heavy atom. The molecule has 0 aliphatic carbocycles. The third kappa shape index (κ3) is 5.13. The molecule has 6 nitrogen and oxygen atoms in total. The first-order valence-electron chi connectivity index (χ1n) is 11.9. The number of piperazine rings is 1. The van der Waals surface area contributed by atoms with E-state index < -0.39 is 0 Å². The zero-order valence-electron chi connectivity index (χ0n) is 19.5. The monoisotopic (exact) mass is 473 g/mol. The van der Waals surface area contributed by atoms with E-state index in [4.69, 9.17) is 0 Å². The zero-order chi connectivity index (χ0) is 23.3. The summed E-state index contributed by atoms with van der Waals surface area (Å²) in [6.45, 7) is 8.97. The van der Waals surface area contributed by atoms with E-state index in [1.54, 1.807) is 17.7 Å². The fourth-order valence-corrected chi connectivity index (χ4v) is 5.50. The highest BCUT2D eigenvalue weighted by molar-refractivity contribution is 7.21. The lowest BCUT2D eigenvalue weighted by atomic mass is 10.1. The van der Waals surface area contributed by atoms with Crippen molar-refractivity contribution in [2.24, 2.45) is 0 Å². The molecular formula is C27H31N5OS. The summed E-state index contributed by atoms with van der Waals surface area (Å²) in [6.07, 6.45) is 1.59. The molecule has 1 atom stereocenters. The van der Waals surface area contributed by atoms with Crippen LogP contribution in [0.5, 0.6) is 0 Å². The number of fused-ring (bicyclic) bond motifs is 1. The molecule has 4 aromatic rings. The van der Waals surface area contributed by atoms with Gasteiger partial charge in [-0.2, -0.15) is 0 Å². The van der Waals surface area contributed by atoms with Crippen molar-refractivity contribution in [1.29, 1.82) is 0 Å². The van der Waals surface area contributed by atoms with Gasteiger partial charge in [-0.05, 0) is 29.3 Å².